The molecule has 0 saturated carbocycles. The molecule has 1 heterocycles. The van der Waals surface area contributed by atoms with Gasteiger partial charge in [-0.25, -0.2) is 0 Å². The highest BCUT2D eigenvalue weighted by atomic mass is 35.5. The van der Waals surface area contributed by atoms with Gasteiger partial charge in [0.2, 0.25) is 0 Å². The number of hydrogen-bond acceptors (Lipinski definition) is 4. The Morgan fingerprint density at radius 2 is 2.20 bits per heavy atom. The number of carbonyl (C=O) groups is 1. The van der Waals surface area contributed by atoms with Crippen molar-refractivity contribution < 1.29 is 14.7 Å². The molecule has 5 nitrogen and oxygen atoms in total. The van der Waals surface area contributed by atoms with Crippen LogP contribution in [0.25, 0.3) is 0 Å². The summed E-state index contributed by atoms with van der Waals surface area (Å²) in [5.74, 6) is 0.627. The summed E-state index contributed by atoms with van der Waals surface area (Å²) in [6.07, 6.45) is 0.602. The van der Waals surface area contributed by atoms with Crippen molar-refractivity contribution in [2.24, 2.45) is 11.1 Å². The van der Waals surface area contributed by atoms with E-state index >= 15 is 0 Å². The van der Waals surface area contributed by atoms with Crippen LogP contribution in [0, 0.1) is 5.92 Å². The SMILES string of the molecule is CC1CN(C(=O)COc2ccc(Cl)cc2)CC/C1=N\O. The van der Waals surface area contributed by atoms with Crippen molar-refractivity contribution in [1.82, 2.24) is 4.90 Å². The summed E-state index contributed by atoms with van der Waals surface area (Å²) in [6.45, 7) is 3.06. The Balaban J connectivity index is 1.85. The van der Waals surface area contributed by atoms with Gasteiger partial charge in [0, 0.05) is 30.5 Å². The molecule has 1 saturated heterocycles. The molecule has 0 spiro atoms. The van der Waals surface area contributed by atoms with Crippen LogP contribution < -0.4 is 4.74 Å². The van der Waals surface area contributed by atoms with Crippen molar-refractivity contribution in [3.05, 3.63) is 29.3 Å². The summed E-state index contributed by atoms with van der Waals surface area (Å²) in [5, 5.41) is 12.7. The van der Waals surface area contributed by atoms with Gasteiger partial charge < -0.3 is 14.8 Å². The number of benzene rings is 1. The van der Waals surface area contributed by atoms with Gasteiger partial charge in [-0.3, -0.25) is 4.79 Å². The highest BCUT2D eigenvalue weighted by molar-refractivity contribution is 6.30. The molecule has 1 aromatic rings. The third-order valence-corrected chi connectivity index (χ3v) is 3.61. The molecule has 0 aromatic heterocycles. The van der Waals surface area contributed by atoms with Crippen LogP contribution in [0.2, 0.25) is 5.02 Å². The normalized spacial score (nSPS) is 21.0. The van der Waals surface area contributed by atoms with E-state index in [1.54, 1.807) is 29.2 Å². The first-order chi connectivity index (χ1) is 9.60. The monoisotopic (exact) mass is 296 g/mol. The van der Waals surface area contributed by atoms with Crippen molar-refractivity contribution >= 4 is 23.2 Å². The van der Waals surface area contributed by atoms with Crippen LogP contribution in [0.5, 0.6) is 5.75 Å². The number of rotatable bonds is 3. The van der Waals surface area contributed by atoms with Gasteiger partial charge in [0.15, 0.2) is 6.61 Å². The first-order valence-corrected chi connectivity index (χ1v) is 6.85. The van der Waals surface area contributed by atoms with Gasteiger partial charge in [0.25, 0.3) is 5.91 Å². The van der Waals surface area contributed by atoms with Crippen LogP contribution in [-0.2, 0) is 4.79 Å². The second kappa shape index (κ2) is 6.61. The number of likely N-dealkylation sites (tertiary alicyclic amines) is 1. The third-order valence-electron chi connectivity index (χ3n) is 3.36. The van der Waals surface area contributed by atoms with E-state index in [-0.39, 0.29) is 18.4 Å². The van der Waals surface area contributed by atoms with Crippen LogP contribution in [0.15, 0.2) is 29.4 Å². The lowest BCUT2D eigenvalue weighted by molar-refractivity contribution is -0.134. The number of ether oxygens (including phenoxy) is 1. The second-order valence-electron chi connectivity index (χ2n) is 4.82. The number of hydrogen-bond donors (Lipinski definition) is 1. The molecule has 1 N–H and O–H groups in total. The maximum absolute atomic E-state index is 12.1. The summed E-state index contributed by atoms with van der Waals surface area (Å²) in [5.41, 5.74) is 0.743. The summed E-state index contributed by atoms with van der Waals surface area (Å²) >= 11 is 5.78. The first-order valence-electron chi connectivity index (χ1n) is 6.47. The van der Waals surface area contributed by atoms with Crippen LogP contribution in [0.1, 0.15) is 13.3 Å². The van der Waals surface area contributed by atoms with Crippen molar-refractivity contribution in [3.63, 3.8) is 0 Å². The van der Waals surface area contributed by atoms with Crippen LogP contribution in [0.3, 0.4) is 0 Å². The Kier molecular flexibility index (Phi) is 4.84. The molecule has 1 aliphatic heterocycles. The van der Waals surface area contributed by atoms with Crippen molar-refractivity contribution in [2.45, 2.75) is 13.3 Å². The number of amides is 1. The van der Waals surface area contributed by atoms with Gasteiger partial charge in [-0.15, -0.1) is 0 Å². The van der Waals surface area contributed by atoms with Crippen molar-refractivity contribution in [3.8, 4) is 5.75 Å². The Morgan fingerprint density at radius 1 is 1.50 bits per heavy atom. The average molecular weight is 297 g/mol. The van der Waals surface area contributed by atoms with E-state index in [0.29, 0.717) is 30.3 Å². The fourth-order valence-electron chi connectivity index (χ4n) is 2.17. The number of oxime groups is 1. The van der Waals surface area contributed by atoms with Gasteiger partial charge in [0.1, 0.15) is 5.75 Å². The lowest BCUT2D eigenvalue weighted by atomic mass is 9.98. The third kappa shape index (κ3) is 3.63. The van der Waals surface area contributed by atoms with E-state index in [0.717, 1.165) is 5.71 Å². The fourth-order valence-corrected chi connectivity index (χ4v) is 2.29. The Morgan fingerprint density at radius 3 is 2.80 bits per heavy atom. The van der Waals surface area contributed by atoms with Gasteiger partial charge in [-0.05, 0) is 24.3 Å². The van der Waals surface area contributed by atoms with E-state index in [1.165, 1.54) is 0 Å². The molecule has 0 radical (unpaired) electrons. The number of nitrogens with zero attached hydrogens (tertiary/aromatic N) is 2. The van der Waals surface area contributed by atoms with E-state index in [2.05, 4.69) is 5.16 Å². The quantitative estimate of drug-likeness (QED) is 0.688. The molecule has 1 atom stereocenters. The lowest BCUT2D eigenvalue weighted by Gasteiger charge is -2.31. The standard InChI is InChI=1S/C14H17ClN2O3/c1-10-8-17(7-6-13(10)16-19)14(18)9-20-12-4-2-11(15)3-5-12/h2-5,10,19H,6-9H2,1H3/b16-13+. The van der Waals surface area contributed by atoms with Gasteiger partial charge in [-0.2, -0.15) is 0 Å². The number of halogens is 1. The Bertz CT molecular complexity index is 502. The first kappa shape index (κ1) is 14.7. The van der Waals surface area contributed by atoms with Gasteiger partial charge in [-0.1, -0.05) is 23.7 Å². The Hall–Kier alpha value is -1.75. The zero-order chi connectivity index (χ0) is 14.5. The average Bonchev–Trinajstić information content (AvgIpc) is 2.46. The molecule has 20 heavy (non-hydrogen) atoms. The molecule has 1 aromatic carbocycles. The maximum Gasteiger partial charge on any atom is 0.260 e. The fraction of sp³-hybridized carbons (Fsp3) is 0.429. The molecule has 1 unspecified atom stereocenters. The predicted molar refractivity (Wildman–Crippen MR) is 76.5 cm³/mol. The summed E-state index contributed by atoms with van der Waals surface area (Å²) in [4.78, 5) is 13.8. The van der Waals surface area contributed by atoms with Crippen LogP contribution >= 0.6 is 11.6 Å². The van der Waals surface area contributed by atoms with Crippen LogP contribution in [-0.4, -0.2) is 41.4 Å². The largest absolute Gasteiger partial charge is 0.484 e. The minimum Gasteiger partial charge on any atom is -0.484 e. The molecular weight excluding hydrogens is 280 g/mol. The van der Waals surface area contributed by atoms with Gasteiger partial charge in [0.05, 0.1) is 5.71 Å². The second-order valence-corrected chi connectivity index (χ2v) is 5.26. The molecule has 0 aliphatic carbocycles. The smallest absolute Gasteiger partial charge is 0.260 e. The molecule has 108 valence electrons. The van der Waals surface area contributed by atoms with E-state index < -0.39 is 0 Å². The van der Waals surface area contributed by atoms with Crippen LogP contribution in [0.4, 0.5) is 0 Å². The molecule has 2 rings (SSSR count). The number of carbonyl (C=O) groups excluding carboxylic acids is 1. The molecule has 1 fully saturated rings. The minimum absolute atomic E-state index is 0.0000461. The van der Waals surface area contributed by atoms with E-state index in [4.69, 9.17) is 21.5 Å². The summed E-state index contributed by atoms with van der Waals surface area (Å²) in [6, 6.07) is 6.89. The summed E-state index contributed by atoms with van der Waals surface area (Å²) in [7, 11) is 0. The van der Waals surface area contributed by atoms with E-state index in [9.17, 15) is 4.79 Å². The summed E-state index contributed by atoms with van der Waals surface area (Å²) < 4.78 is 5.43. The highest BCUT2D eigenvalue weighted by Gasteiger charge is 2.25. The Labute approximate surface area is 122 Å². The topological polar surface area (TPSA) is 62.1 Å². The lowest BCUT2D eigenvalue weighted by Crippen LogP contribution is -2.45. The highest BCUT2D eigenvalue weighted by Crippen LogP contribution is 2.17. The van der Waals surface area contributed by atoms with E-state index in [1.807, 2.05) is 6.92 Å². The predicted octanol–water partition coefficient (Wildman–Crippen LogP) is 2.42. The molecule has 1 amide bonds. The molecule has 0 bridgehead atoms. The van der Waals surface area contributed by atoms with Gasteiger partial charge >= 0.3 is 0 Å². The van der Waals surface area contributed by atoms with Crippen molar-refractivity contribution in [1.29, 1.82) is 0 Å². The molecular formula is C14H17ClN2O3. The number of piperidine rings is 1. The minimum atomic E-state index is -0.0659. The zero-order valence-electron chi connectivity index (χ0n) is 11.3. The maximum atomic E-state index is 12.1. The molecule has 6 heteroatoms. The molecule has 1 aliphatic rings. The van der Waals surface area contributed by atoms with Crippen molar-refractivity contribution in [2.75, 3.05) is 19.7 Å². The zero-order valence-corrected chi connectivity index (χ0v) is 12.0.